The third kappa shape index (κ3) is 2.86. The van der Waals surface area contributed by atoms with Crippen LogP contribution in [0.15, 0.2) is 28.9 Å². The number of hydrogen-bond donors (Lipinski definition) is 0. The third-order valence-electron chi connectivity index (χ3n) is 3.80. The van der Waals surface area contributed by atoms with Crippen LogP contribution in [0.25, 0.3) is 11.5 Å². The summed E-state index contributed by atoms with van der Waals surface area (Å²) < 4.78 is 5.38. The topological polar surface area (TPSA) is 72.1 Å². The largest absolute Gasteiger partial charge is 0.341 e. The molecule has 3 heterocycles. The monoisotopic (exact) mass is 300 g/mol. The van der Waals surface area contributed by atoms with Gasteiger partial charge in [-0.1, -0.05) is 32.0 Å². The number of aromatic nitrogens is 3. The van der Waals surface area contributed by atoms with Crippen LogP contribution in [0.4, 0.5) is 0 Å². The average molecular weight is 300 g/mol. The van der Waals surface area contributed by atoms with Crippen molar-refractivity contribution in [1.82, 2.24) is 20.0 Å². The Hall–Kier alpha value is -2.24. The van der Waals surface area contributed by atoms with E-state index in [2.05, 4.69) is 15.1 Å². The fourth-order valence-corrected chi connectivity index (χ4v) is 2.62. The zero-order valence-electron chi connectivity index (χ0n) is 13.1. The molecule has 0 saturated carbocycles. The number of amides is 1. The van der Waals surface area contributed by atoms with Crippen LogP contribution in [0, 0.1) is 5.41 Å². The van der Waals surface area contributed by atoms with Crippen LogP contribution in [0.1, 0.15) is 39.0 Å². The molecule has 1 amide bonds. The van der Waals surface area contributed by atoms with Gasteiger partial charge in [-0.15, -0.1) is 0 Å². The maximum Gasteiger partial charge on any atom is 0.231 e. The van der Waals surface area contributed by atoms with Gasteiger partial charge in [-0.25, -0.2) is 0 Å². The highest BCUT2D eigenvalue weighted by atomic mass is 16.5. The molecule has 1 saturated heterocycles. The Morgan fingerprint density at radius 1 is 1.36 bits per heavy atom. The average Bonchev–Trinajstić information content (AvgIpc) is 3.15. The van der Waals surface area contributed by atoms with Crippen LogP contribution >= 0.6 is 0 Å². The molecule has 1 atom stereocenters. The number of carbonyl (C=O) groups is 1. The normalized spacial score (nSPS) is 18.7. The van der Waals surface area contributed by atoms with Crippen molar-refractivity contribution in [3.05, 3.63) is 30.3 Å². The molecule has 2 aromatic rings. The predicted molar refractivity (Wildman–Crippen MR) is 80.9 cm³/mol. The molecule has 0 aliphatic carbocycles. The lowest BCUT2D eigenvalue weighted by molar-refractivity contribution is -0.138. The number of rotatable bonds is 2. The van der Waals surface area contributed by atoms with Crippen LogP contribution in [-0.4, -0.2) is 39.0 Å². The lowest BCUT2D eigenvalue weighted by atomic mass is 9.95. The summed E-state index contributed by atoms with van der Waals surface area (Å²) in [6.45, 7) is 7.19. The first-order valence-corrected chi connectivity index (χ1v) is 7.49. The Morgan fingerprint density at radius 2 is 2.18 bits per heavy atom. The zero-order valence-corrected chi connectivity index (χ0v) is 13.1. The Balaban J connectivity index is 1.72. The second-order valence-electron chi connectivity index (χ2n) is 6.66. The second kappa shape index (κ2) is 5.51. The summed E-state index contributed by atoms with van der Waals surface area (Å²) in [5.41, 5.74) is 0.334. The van der Waals surface area contributed by atoms with Crippen molar-refractivity contribution in [2.24, 2.45) is 5.41 Å². The molecule has 6 nitrogen and oxygen atoms in total. The van der Waals surface area contributed by atoms with Crippen molar-refractivity contribution < 1.29 is 9.32 Å². The molecular weight excluding hydrogens is 280 g/mol. The molecule has 0 radical (unpaired) electrons. The Kier molecular flexibility index (Phi) is 3.68. The Morgan fingerprint density at radius 3 is 2.86 bits per heavy atom. The maximum absolute atomic E-state index is 12.3. The van der Waals surface area contributed by atoms with Crippen LogP contribution in [-0.2, 0) is 4.79 Å². The molecule has 22 heavy (non-hydrogen) atoms. The van der Waals surface area contributed by atoms with Gasteiger partial charge in [0.25, 0.3) is 0 Å². The third-order valence-corrected chi connectivity index (χ3v) is 3.80. The minimum Gasteiger partial charge on any atom is -0.341 e. The highest BCUT2D eigenvalue weighted by Gasteiger charge is 2.35. The Labute approximate surface area is 129 Å². The van der Waals surface area contributed by atoms with E-state index in [0.29, 0.717) is 24.0 Å². The summed E-state index contributed by atoms with van der Waals surface area (Å²) >= 11 is 0. The number of carbonyl (C=O) groups excluding carboxylic acids is 1. The second-order valence-corrected chi connectivity index (χ2v) is 6.66. The van der Waals surface area contributed by atoms with Gasteiger partial charge in [0, 0.05) is 24.7 Å². The highest BCUT2D eigenvalue weighted by molar-refractivity contribution is 5.81. The van der Waals surface area contributed by atoms with E-state index in [1.807, 2.05) is 43.9 Å². The van der Waals surface area contributed by atoms with Crippen molar-refractivity contribution in [3.8, 4) is 11.5 Å². The van der Waals surface area contributed by atoms with E-state index >= 15 is 0 Å². The molecular formula is C16H20N4O2. The van der Waals surface area contributed by atoms with Crippen molar-refractivity contribution in [1.29, 1.82) is 0 Å². The molecule has 116 valence electrons. The number of nitrogens with zero attached hydrogens (tertiary/aromatic N) is 4. The molecule has 2 aromatic heterocycles. The smallest absolute Gasteiger partial charge is 0.231 e. The number of likely N-dealkylation sites (tertiary alicyclic amines) is 1. The Bertz CT molecular complexity index is 660. The fourth-order valence-electron chi connectivity index (χ4n) is 2.62. The van der Waals surface area contributed by atoms with Gasteiger partial charge in [0.15, 0.2) is 0 Å². The van der Waals surface area contributed by atoms with Gasteiger partial charge in [-0.05, 0) is 18.6 Å². The molecule has 0 spiro atoms. The predicted octanol–water partition coefficient (Wildman–Crippen LogP) is 2.49. The SMILES string of the molecule is CC(C)(C)C(=O)N1CC[C@H](c2nc(-c3ccccn3)no2)C1. The van der Waals surface area contributed by atoms with Crippen LogP contribution in [0.3, 0.4) is 0 Å². The van der Waals surface area contributed by atoms with Crippen molar-refractivity contribution >= 4 is 5.91 Å². The summed E-state index contributed by atoms with van der Waals surface area (Å²) in [5, 5.41) is 4.00. The molecule has 0 aromatic carbocycles. The number of hydrogen-bond acceptors (Lipinski definition) is 5. The molecule has 0 N–H and O–H groups in total. The van der Waals surface area contributed by atoms with E-state index in [4.69, 9.17) is 4.52 Å². The van der Waals surface area contributed by atoms with E-state index < -0.39 is 0 Å². The molecule has 3 rings (SSSR count). The maximum atomic E-state index is 12.3. The van der Waals surface area contributed by atoms with E-state index in [1.165, 1.54) is 0 Å². The van der Waals surface area contributed by atoms with Crippen molar-refractivity contribution in [3.63, 3.8) is 0 Å². The van der Waals surface area contributed by atoms with E-state index in [1.54, 1.807) is 6.20 Å². The summed E-state index contributed by atoms with van der Waals surface area (Å²) in [4.78, 5) is 22.9. The van der Waals surface area contributed by atoms with Crippen molar-refractivity contribution in [2.75, 3.05) is 13.1 Å². The highest BCUT2D eigenvalue weighted by Crippen LogP contribution is 2.30. The molecule has 1 aliphatic heterocycles. The summed E-state index contributed by atoms with van der Waals surface area (Å²) in [6.07, 6.45) is 2.55. The van der Waals surface area contributed by atoms with Crippen LogP contribution < -0.4 is 0 Å². The van der Waals surface area contributed by atoms with Crippen molar-refractivity contribution in [2.45, 2.75) is 33.1 Å². The van der Waals surface area contributed by atoms with E-state index in [0.717, 1.165) is 13.0 Å². The lowest BCUT2D eigenvalue weighted by Gasteiger charge is -2.25. The van der Waals surface area contributed by atoms with Gasteiger partial charge in [-0.2, -0.15) is 4.98 Å². The van der Waals surface area contributed by atoms with Gasteiger partial charge in [0.2, 0.25) is 17.6 Å². The first-order valence-electron chi connectivity index (χ1n) is 7.49. The fraction of sp³-hybridized carbons (Fsp3) is 0.500. The molecule has 6 heteroatoms. The number of pyridine rings is 1. The van der Waals surface area contributed by atoms with Gasteiger partial charge in [0.1, 0.15) is 5.69 Å². The first kappa shape index (κ1) is 14.7. The molecule has 1 aliphatic rings. The van der Waals surface area contributed by atoms with Crippen LogP contribution in [0.5, 0.6) is 0 Å². The van der Waals surface area contributed by atoms with Gasteiger partial charge in [-0.3, -0.25) is 9.78 Å². The standard InChI is InChI=1S/C16H20N4O2/c1-16(2,3)15(21)20-9-7-11(10-20)14-18-13(19-22-14)12-6-4-5-8-17-12/h4-6,8,11H,7,9-10H2,1-3H3/t11-/m0/s1. The molecule has 0 unspecified atom stereocenters. The van der Waals surface area contributed by atoms with Gasteiger partial charge in [0.05, 0.1) is 5.92 Å². The quantitative estimate of drug-likeness (QED) is 0.852. The zero-order chi connectivity index (χ0) is 15.7. The van der Waals surface area contributed by atoms with Gasteiger partial charge >= 0.3 is 0 Å². The lowest BCUT2D eigenvalue weighted by Crippen LogP contribution is -2.37. The van der Waals surface area contributed by atoms with Crippen LogP contribution in [0.2, 0.25) is 0 Å². The minimum atomic E-state index is -0.358. The van der Waals surface area contributed by atoms with E-state index in [9.17, 15) is 4.79 Å². The minimum absolute atomic E-state index is 0.108. The summed E-state index contributed by atoms with van der Waals surface area (Å²) in [7, 11) is 0. The molecule has 1 fully saturated rings. The summed E-state index contributed by atoms with van der Waals surface area (Å²) in [5.74, 6) is 1.36. The summed E-state index contributed by atoms with van der Waals surface area (Å²) in [6, 6.07) is 5.58. The van der Waals surface area contributed by atoms with E-state index in [-0.39, 0.29) is 17.2 Å². The van der Waals surface area contributed by atoms with Gasteiger partial charge < -0.3 is 9.42 Å². The molecule has 0 bridgehead atoms. The first-order chi connectivity index (χ1) is 10.4.